The monoisotopic (exact) mass is 328 g/mol. The minimum absolute atomic E-state index is 0.110. The molecule has 0 N–H and O–H groups in total. The first-order chi connectivity index (χ1) is 10.4. The summed E-state index contributed by atoms with van der Waals surface area (Å²) in [5.41, 5.74) is 1.34. The molecule has 0 saturated carbocycles. The second-order valence-electron chi connectivity index (χ2n) is 4.47. The summed E-state index contributed by atoms with van der Waals surface area (Å²) in [6, 6.07) is 6.72. The van der Waals surface area contributed by atoms with Gasteiger partial charge in [0.2, 0.25) is 5.82 Å². The second-order valence-corrected chi connectivity index (χ2v) is 4.91. The van der Waals surface area contributed by atoms with Crippen LogP contribution in [-0.4, -0.2) is 19.9 Å². The van der Waals surface area contributed by atoms with Crippen LogP contribution in [0.5, 0.6) is 0 Å². The zero-order valence-corrected chi connectivity index (χ0v) is 11.6. The maximum Gasteiger partial charge on any atom is 0.471 e. The van der Waals surface area contributed by atoms with E-state index < -0.39 is 12.1 Å². The van der Waals surface area contributed by atoms with Crippen molar-refractivity contribution in [2.75, 3.05) is 0 Å². The minimum Gasteiger partial charge on any atom is -0.329 e. The topological polar surface area (TPSA) is 56.7 Å². The first-order valence-corrected chi connectivity index (χ1v) is 6.48. The van der Waals surface area contributed by atoms with Crippen LogP contribution in [0, 0.1) is 0 Å². The first-order valence-electron chi connectivity index (χ1n) is 6.10. The Hall–Kier alpha value is -2.35. The molecule has 0 radical (unpaired) electrons. The third-order valence-corrected chi connectivity index (χ3v) is 3.02. The molecule has 0 bridgehead atoms. The summed E-state index contributed by atoms with van der Waals surface area (Å²) in [6.45, 7) is 0.493. The number of nitrogens with zero attached hydrogens (tertiary/aromatic N) is 4. The summed E-state index contributed by atoms with van der Waals surface area (Å²) in [5.74, 6) is -1.47. The van der Waals surface area contributed by atoms with Gasteiger partial charge in [-0.3, -0.25) is 4.68 Å². The van der Waals surface area contributed by atoms with Crippen molar-refractivity contribution in [1.29, 1.82) is 0 Å². The standard InChI is InChI=1S/C13H8ClF3N4O/c14-10-5-18-21(7-10)6-8-1-3-9(4-2-8)11-19-12(22-20-11)13(15,16)17/h1-5,7H,6H2. The van der Waals surface area contributed by atoms with E-state index in [0.29, 0.717) is 17.1 Å². The van der Waals surface area contributed by atoms with E-state index in [2.05, 4.69) is 19.8 Å². The summed E-state index contributed by atoms with van der Waals surface area (Å²) in [5, 5.41) is 7.90. The van der Waals surface area contributed by atoms with Gasteiger partial charge in [-0.05, 0) is 5.56 Å². The lowest BCUT2D eigenvalue weighted by atomic mass is 10.1. The highest BCUT2D eigenvalue weighted by Crippen LogP contribution is 2.29. The third kappa shape index (κ3) is 3.11. The molecule has 5 nitrogen and oxygen atoms in total. The van der Waals surface area contributed by atoms with Crippen LogP contribution in [0.2, 0.25) is 5.02 Å². The molecular formula is C13H8ClF3N4O. The lowest BCUT2D eigenvalue weighted by Crippen LogP contribution is -2.04. The van der Waals surface area contributed by atoms with Crippen LogP contribution in [-0.2, 0) is 12.7 Å². The largest absolute Gasteiger partial charge is 0.471 e. The van der Waals surface area contributed by atoms with E-state index in [0.717, 1.165) is 5.56 Å². The van der Waals surface area contributed by atoms with E-state index in [1.807, 2.05) is 0 Å². The van der Waals surface area contributed by atoms with Gasteiger partial charge in [-0.1, -0.05) is 41.0 Å². The van der Waals surface area contributed by atoms with E-state index in [1.54, 1.807) is 35.1 Å². The molecule has 0 fully saturated rings. The lowest BCUT2D eigenvalue weighted by molar-refractivity contribution is -0.159. The molecule has 3 aromatic rings. The molecule has 3 rings (SSSR count). The molecule has 2 aromatic heterocycles. The van der Waals surface area contributed by atoms with E-state index >= 15 is 0 Å². The zero-order valence-electron chi connectivity index (χ0n) is 10.9. The number of hydrogen-bond acceptors (Lipinski definition) is 4. The number of aromatic nitrogens is 4. The highest BCUT2D eigenvalue weighted by Gasteiger charge is 2.38. The Bertz CT molecular complexity index is 779. The minimum atomic E-state index is -4.65. The van der Waals surface area contributed by atoms with E-state index in [9.17, 15) is 13.2 Å². The van der Waals surface area contributed by atoms with Crippen molar-refractivity contribution in [3.63, 3.8) is 0 Å². The Balaban J connectivity index is 1.78. The molecule has 0 unspecified atom stereocenters. The van der Waals surface area contributed by atoms with Gasteiger partial charge in [-0.2, -0.15) is 23.3 Å². The van der Waals surface area contributed by atoms with Gasteiger partial charge in [0.05, 0.1) is 17.8 Å². The normalized spacial score (nSPS) is 11.8. The van der Waals surface area contributed by atoms with E-state index in [-0.39, 0.29) is 5.82 Å². The summed E-state index contributed by atoms with van der Waals surface area (Å²) in [6.07, 6.45) is -1.46. The second kappa shape index (κ2) is 5.45. The predicted molar refractivity (Wildman–Crippen MR) is 71.1 cm³/mol. The molecule has 1 aromatic carbocycles. The summed E-state index contributed by atoms with van der Waals surface area (Å²) < 4.78 is 43.1. The molecule has 2 heterocycles. The van der Waals surface area contributed by atoms with E-state index in [4.69, 9.17) is 11.6 Å². The number of benzene rings is 1. The third-order valence-electron chi connectivity index (χ3n) is 2.83. The van der Waals surface area contributed by atoms with Crippen LogP contribution in [0.1, 0.15) is 11.5 Å². The van der Waals surface area contributed by atoms with Crippen molar-refractivity contribution in [1.82, 2.24) is 19.9 Å². The van der Waals surface area contributed by atoms with Crippen molar-refractivity contribution in [2.45, 2.75) is 12.7 Å². The molecule has 0 aliphatic carbocycles. The van der Waals surface area contributed by atoms with Crippen molar-refractivity contribution in [3.8, 4) is 11.4 Å². The molecule has 114 valence electrons. The number of alkyl halides is 3. The van der Waals surface area contributed by atoms with Gasteiger partial charge in [0.1, 0.15) is 0 Å². The summed E-state index contributed by atoms with van der Waals surface area (Å²) in [7, 11) is 0. The van der Waals surface area contributed by atoms with Crippen LogP contribution in [0.15, 0.2) is 41.2 Å². The van der Waals surface area contributed by atoms with Crippen molar-refractivity contribution < 1.29 is 17.7 Å². The summed E-state index contributed by atoms with van der Waals surface area (Å²) >= 11 is 5.77. The van der Waals surface area contributed by atoms with Crippen molar-refractivity contribution >= 4 is 11.6 Å². The Morgan fingerprint density at radius 1 is 1.18 bits per heavy atom. The fraction of sp³-hybridized carbons (Fsp3) is 0.154. The van der Waals surface area contributed by atoms with Gasteiger partial charge in [-0.15, -0.1) is 0 Å². The Labute approximate surface area is 127 Å². The highest BCUT2D eigenvalue weighted by atomic mass is 35.5. The van der Waals surface area contributed by atoms with Gasteiger partial charge in [0.15, 0.2) is 0 Å². The molecule has 9 heteroatoms. The van der Waals surface area contributed by atoms with Crippen molar-refractivity contribution in [2.24, 2.45) is 0 Å². The van der Waals surface area contributed by atoms with Crippen LogP contribution in [0.25, 0.3) is 11.4 Å². The first kappa shape index (κ1) is 14.6. The Kier molecular flexibility index (Phi) is 3.61. The molecule has 0 atom stereocenters. The van der Waals surface area contributed by atoms with E-state index in [1.165, 1.54) is 6.20 Å². The molecular weight excluding hydrogens is 321 g/mol. The maximum atomic E-state index is 12.4. The molecule has 22 heavy (non-hydrogen) atoms. The smallest absolute Gasteiger partial charge is 0.329 e. The number of rotatable bonds is 3. The molecule has 0 spiro atoms. The number of halogens is 4. The summed E-state index contributed by atoms with van der Waals surface area (Å²) in [4.78, 5) is 3.33. The van der Waals surface area contributed by atoms with Gasteiger partial charge in [-0.25, -0.2) is 0 Å². The fourth-order valence-corrected chi connectivity index (χ4v) is 1.98. The average Bonchev–Trinajstić information content (AvgIpc) is 3.08. The molecule has 0 amide bonds. The average molecular weight is 329 g/mol. The fourth-order valence-electron chi connectivity index (χ4n) is 1.83. The van der Waals surface area contributed by atoms with Gasteiger partial charge >= 0.3 is 12.1 Å². The van der Waals surface area contributed by atoms with Crippen LogP contribution in [0.4, 0.5) is 13.2 Å². The Morgan fingerprint density at radius 3 is 2.45 bits per heavy atom. The van der Waals surface area contributed by atoms with Gasteiger partial charge < -0.3 is 4.52 Å². The number of hydrogen-bond donors (Lipinski definition) is 0. The molecule has 0 aliphatic heterocycles. The molecule has 0 saturated heterocycles. The quantitative estimate of drug-likeness (QED) is 0.736. The van der Waals surface area contributed by atoms with Crippen LogP contribution in [0.3, 0.4) is 0 Å². The van der Waals surface area contributed by atoms with Crippen LogP contribution < -0.4 is 0 Å². The van der Waals surface area contributed by atoms with Crippen molar-refractivity contribution in [3.05, 3.63) is 53.1 Å². The molecule has 0 aliphatic rings. The van der Waals surface area contributed by atoms with Gasteiger partial charge in [0.25, 0.3) is 0 Å². The Morgan fingerprint density at radius 2 is 1.91 bits per heavy atom. The van der Waals surface area contributed by atoms with Gasteiger partial charge in [0, 0.05) is 11.8 Å². The lowest BCUT2D eigenvalue weighted by Gasteiger charge is -2.02. The zero-order chi connectivity index (χ0) is 15.7. The predicted octanol–water partition coefficient (Wildman–Crippen LogP) is 3.65. The van der Waals surface area contributed by atoms with Crippen LogP contribution >= 0.6 is 11.6 Å². The SMILES string of the molecule is FC(F)(F)c1nc(-c2ccc(Cn3cc(Cl)cn3)cc2)no1. The highest BCUT2D eigenvalue weighted by molar-refractivity contribution is 6.30. The maximum absolute atomic E-state index is 12.4.